The maximum atomic E-state index is 13.6. The lowest BCUT2D eigenvalue weighted by Crippen LogP contribution is -2.30. The Kier molecular flexibility index (Phi) is 5.53. The van der Waals surface area contributed by atoms with Crippen LogP contribution in [0.5, 0.6) is 5.75 Å². The number of ketones is 1. The van der Waals surface area contributed by atoms with Gasteiger partial charge in [0.2, 0.25) is 5.78 Å². The predicted molar refractivity (Wildman–Crippen MR) is 128 cm³/mol. The number of carbonyl (C=O) groups is 2. The monoisotopic (exact) mass is 521 g/mol. The summed E-state index contributed by atoms with van der Waals surface area (Å²) in [6, 6.07) is 16.7. The lowest BCUT2D eigenvalue weighted by molar-refractivity contribution is -0.130. The number of rotatable bonds is 6. The minimum absolute atomic E-state index is 0.0230. The first-order valence-electron chi connectivity index (χ1n) is 10.5. The van der Waals surface area contributed by atoms with E-state index in [1.165, 1.54) is 4.90 Å². The summed E-state index contributed by atoms with van der Waals surface area (Å²) >= 11 is 3.41. The molecular weight excluding hydrogens is 502 g/mol. The smallest absolute Gasteiger partial charge is 0.290 e. The summed E-state index contributed by atoms with van der Waals surface area (Å²) < 4.78 is 17.8. The van der Waals surface area contributed by atoms with E-state index in [0.29, 0.717) is 22.9 Å². The quantitative estimate of drug-likeness (QED) is 0.318. The summed E-state index contributed by atoms with van der Waals surface area (Å²) in [5, 5.41) is 11.6. The maximum absolute atomic E-state index is 13.6. The lowest BCUT2D eigenvalue weighted by atomic mass is 9.99. The number of aryl methyl sites for hydroxylation is 1. The number of furan rings is 2. The number of para-hydroxylation sites is 1. The third-order valence-electron chi connectivity index (χ3n) is 5.81. The van der Waals surface area contributed by atoms with Crippen molar-refractivity contribution >= 4 is 38.6 Å². The highest BCUT2D eigenvalue weighted by atomic mass is 79.9. The average molecular weight is 522 g/mol. The van der Waals surface area contributed by atoms with E-state index >= 15 is 0 Å². The molecule has 0 bridgehead atoms. The van der Waals surface area contributed by atoms with Gasteiger partial charge in [0, 0.05) is 15.4 Å². The van der Waals surface area contributed by atoms with Crippen molar-refractivity contribution in [1.29, 1.82) is 0 Å². The van der Waals surface area contributed by atoms with Crippen LogP contribution in [0.25, 0.3) is 11.0 Å². The Hall–Kier alpha value is -3.78. The van der Waals surface area contributed by atoms with E-state index in [4.69, 9.17) is 13.6 Å². The normalized spacial score (nSPS) is 16.0. The Balaban J connectivity index is 1.59. The van der Waals surface area contributed by atoms with Gasteiger partial charge in [0.25, 0.3) is 5.91 Å². The van der Waals surface area contributed by atoms with Crippen LogP contribution in [0.1, 0.15) is 33.7 Å². The Morgan fingerprint density at radius 2 is 1.91 bits per heavy atom. The molecule has 0 fully saturated rings. The summed E-state index contributed by atoms with van der Waals surface area (Å²) in [6.07, 6.45) is 0. The van der Waals surface area contributed by atoms with Gasteiger partial charge in [-0.1, -0.05) is 34.1 Å². The zero-order chi connectivity index (χ0) is 24.0. The molecule has 0 saturated carbocycles. The topological polar surface area (TPSA) is 93.1 Å². The zero-order valence-corrected chi connectivity index (χ0v) is 20.0. The third kappa shape index (κ3) is 3.70. The second-order valence-corrected chi connectivity index (χ2v) is 8.90. The number of amides is 1. The van der Waals surface area contributed by atoms with Gasteiger partial charge in [-0.2, -0.15) is 0 Å². The van der Waals surface area contributed by atoms with Crippen LogP contribution in [0.15, 0.2) is 85.3 Å². The molecule has 1 aliphatic heterocycles. The number of methoxy groups -OCH3 is 1. The van der Waals surface area contributed by atoms with Crippen molar-refractivity contribution < 1.29 is 28.3 Å². The zero-order valence-electron chi connectivity index (χ0n) is 18.4. The number of ether oxygens (including phenoxy) is 1. The van der Waals surface area contributed by atoms with Gasteiger partial charge >= 0.3 is 0 Å². The van der Waals surface area contributed by atoms with Crippen molar-refractivity contribution in [3.63, 3.8) is 0 Å². The van der Waals surface area contributed by atoms with E-state index < -0.39 is 23.5 Å². The van der Waals surface area contributed by atoms with Crippen molar-refractivity contribution in [2.75, 3.05) is 7.11 Å². The molecule has 0 aliphatic carbocycles. The van der Waals surface area contributed by atoms with Crippen LogP contribution in [0, 0.1) is 6.92 Å². The van der Waals surface area contributed by atoms with E-state index in [1.807, 2.05) is 24.3 Å². The first-order valence-corrected chi connectivity index (χ1v) is 11.3. The fraction of sp³-hybridized carbons (Fsp3) is 0.154. The number of hydrogen-bond donors (Lipinski definition) is 1. The van der Waals surface area contributed by atoms with Gasteiger partial charge in [0.15, 0.2) is 11.5 Å². The Bertz CT molecular complexity index is 1460. The molecule has 0 spiro atoms. The molecule has 172 valence electrons. The van der Waals surface area contributed by atoms with E-state index in [2.05, 4.69) is 15.9 Å². The summed E-state index contributed by atoms with van der Waals surface area (Å²) in [4.78, 5) is 28.2. The van der Waals surface area contributed by atoms with Crippen LogP contribution in [0.4, 0.5) is 0 Å². The molecular formula is C26H20BrNO6. The maximum Gasteiger partial charge on any atom is 0.290 e. The number of Topliss-reactive ketones (excluding diaryl/α,β-unsaturated/α-hetero) is 1. The van der Waals surface area contributed by atoms with Gasteiger partial charge in [0.05, 0.1) is 19.2 Å². The van der Waals surface area contributed by atoms with E-state index in [9.17, 15) is 14.7 Å². The second-order valence-electron chi connectivity index (χ2n) is 7.98. The first kappa shape index (κ1) is 22.0. The van der Waals surface area contributed by atoms with E-state index in [-0.39, 0.29) is 17.9 Å². The van der Waals surface area contributed by atoms with Gasteiger partial charge in [-0.15, -0.1) is 0 Å². The van der Waals surface area contributed by atoms with Crippen molar-refractivity contribution in [3.05, 3.63) is 99.3 Å². The number of aliphatic hydroxyl groups is 1. The SMILES string of the molecule is COc1ccccc1CN1C(=O)C(O)=C(C(=O)c2cc3cc(Br)ccc3o2)C1c1ccc(C)o1. The van der Waals surface area contributed by atoms with E-state index in [0.717, 1.165) is 15.4 Å². The molecule has 0 saturated heterocycles. The molecule has 3 heterocycles. The summed E-state index contributed by atoms with van der Waals surface area (Å²) in [5.74, 6) is -0.285. The van der Waals surface area contributed by atoms with Crippen LogP contribution in [-0.2, 0) is 11.3 Å². The Labute approximate surface area is 203 Å². The number of benzene rings is 2. The van der Waals surface area contributed by atoms with Crippen LogP contribution in [0.2, 0.25) is 0 Å². The van der Waals surface area contributed by atoms with E-state index in [1.54, 1.807) is 50.4 Å². The first-order chi connectivity index (χ1) is 16.4. The Morgan fingerprint density at radius 1 is 1.12 bits per heavy atom. The molecule has 2 aromatic heterocycles. The molecule has 8 heteroatoms. The van der Waals surface area contributed by atoms with Crippen molar-refractivity contribution in [2.45, 2.75) is 19.5 Å². The van der Waals surface area contributed by atoms with Crippen LogP contribution in [-0.4, -0.2) is 28.8 Å². The number of hydrogen-bond acceptors (Lipinski definition) is 6. The molecule has 1 amide bonds. The number of nitrogens with zero attached hydrogens (tertiary/aromatic N) is 1. The number of carbonyl (C=O) groups excluding carboxylic acids is 2. The minimum atomic E-state index is -0.932. The van der Waals surface area contributed by atoms with Crippen molar-refractivity contribution in [2.24, 2.45) is 0 Å². The molecule has 34 heavy (non-hydrogen) atoms. The molecule has 1 N–H and O–H groups in total. The van der Waals surface area contributed by atoms with Crippen LogP contribution < -0.4 is 4.74 Å². The largest absolute Gasteiger partial charge is 0.503 e. The highest BCUT2D eigenvalue weighted by Gasteiger charge is 2.46. The minimum Gasteiger partial charge on any atom is -0.503 e. The van der Waals surface area contributed by atoms with Crippen molar-refractivity contribution in [1.82, 2.24) is 4.90 Å². The van der Waals surface area contributed by atoms with Crippen LogP contribution in [0.3, 0.4) is 0 Å². The third-order valence-corrected chi connectivity index (χ3v) is 6.31. The molecule has 5 rings (SSSR count). The highest BCUT2D eigenvalue weighted by Crippen LogP contribution is 2.41. The average Bonchev–Trinajstić information content (AvgIpc) is 3.51. The Morgan fingerprint density at radius 3 is 2.65 bits per heavy atom. The van der Waals surface area contributed by atoms with Gasteiger partial charge < -0.3 is 23.6 Å². The van der Waals surface area contributed by atoms with Gasteiger partial charge in [-0.3, -0.25) is 9.59 Å². The number of fused-ring (bicyclic) bond motifs is 1. The fourth-order valence-corrected chi connectivity index (χ4v) is 4.60. The number of halogens is 1. The summed E-state index contributed by atoms with van der Waals surface area (Å²) in [5.41, 5.74) is 1.15. The molecule has 4 aromatic rings. The standard InChI is InChI=1S/C26H20BrNO6/c1-14-7-9-20(33-14)23-22(24(29)21-12-16-11-17(27)8-10-19(16)34-21)25(30)26(31)28(23)13-15-5-3-4-6-18(15)32-2/h3-12,23,30H,13H2,1-2H3. The van der Waals surface area contributed by atoms with Gasteiger partial charge in [-0.05, 0) is 49.4 Å². The van der Waals surface area contributed by atoms with Gasteiger partial charge in [-0.25, -0.2) is 0 Å². The van der Waals surface area contributed by atoms with Crippen LogP contribution >= 0.6 is 15.9 Å². The molecule has 7 nitrogen and oxygen atoms in total. The number of aliphatic hydroxyl groups excluding tert-OH is 1. The molecule has 1 unspecified atom stereocenters. The molecule has 0 radical (unpaired) electrons. The molecule has 2 aromatic carbocycles. The summed E-state index contributed by atoms with van der Waals surface area (Å²) in [7, 11) is 1.54. The molecule has 1 aliphatic rings. The van der Waals surface area contributed by atoms with Gasteiger partial charge in [0.1, 0.15) is 28.9 Å². The lowest BCUT2D eigenvalue weighted by Gasteiger charge is -2.25. The second kappa shape index (κ2) is 8.53. The highest BCUT2D eigenvalue weighted by molar-refractivity contribution is 9.10. The van der Waals surface area contributed by atoms with Crippen molar-refractivity contribution in [3.8, 4) is 5.75 Å². The predicted octanol–water partition coefficient (Wildman–Crippen LogP) is 5.88. The molecule has 1 atom stereocenters. The fourth-order valence-electron chi connectivity index (χ4n) is 4.22. The summed E-state index contributed by atoms with van der Waals surface area (Å²) in [6.45, 7) is 1.87.